The van der Waals surface area contributed by atoms with Crippen LogP contribution >= 0.6 is 0 Å². The number of benzene rings is 2. The first-order chi connectivity index (χ1) is 10.7. The summed E-state index contributed by atoms with van der Waals surface area (Å²) in [5, 5.41) is 21.7. The van der Waals surface area contributed by atoms with E-state index in [0.717, 1.165) is 16.8 Å². The fourth-order valence-corrected chi connectivity index (χ4v) is 4.19. The molecule has 5 heteroatoms. The second-order valence-electron chi connectivity index (χ2n) is 4.76. The van der Waals surface area contributed by atoms with Crippen molar-refractivity contribution in [1.82, 2.24) is 0 Å². The van der Waals surface area contributed by atoms with Crippen LogP contribution in [0.3, 0.4) is 0 Å². The summed E-state index contributed by atoms with van der Waals surface area (Å²) in [6.07, 6.45) is 0.781. The van der Waals surface area contributed by atoms with Crippen molar-refractivity contribution in [2.24, 2.45) is 0 Å². The second kappa shape index (κ2) is 8.58. The molecule has 0 aromatic heterocycles. The van der Waals surface area contributed by atoms with E-state index in [0.29, 0.717) is 19.8 Å². The number of ether oxygens (including phenoxy) is 1. The Labute approximate surface area is 132 Å². The third-order valence-electron chi connectivity index (χ3n) is 3.18. The van der Waals surface area contributed by atoms with Crippen LogP contribution in [-0.2, 0) is 9.16 Å². The van der Waals surface area contributed by atoms with E-state index in [4.69, 9.17) is 9.16 Å². The molecule has 0 spiro atoms. The van der Waals surface area contributed by atoms with Crippen LogP contribution in [0, 0.1) is 0 Å². The zero-order valence-electron chi connectivity index (χ0n) is 12.7. The van der Waals surface area contributed by atoms with Crippen molar-refractivity contribution in [3.8, 4) is 11.5 Å². The molecule has 0 unspecified atom stereocenters. The van der Waals surface area contributed by atoms with Crippen LogP contribution in [0.2, 0.25) is 0 Å². The van der Waals surface area contributed by atoms with Crippen molar-refractivity contribution in [2.45, 2.75) is 13.3 Å². The Morgan fingerprint density at radius 1 is 0.864 bits per heavy atom. The number of hydrogen-bond donors (Lipinski definition) is 2. The zero-order chi connectivity index (χ0) is 15.8. The Kier molecular flexibility index (Phi) is 6.45. The standard InChI is InChI=1S/C17H21O4Si/c1-2-20-12-7-13-21-22(16-10-5-3-8-14(16)18)17-11-6-4-9-15(17)19/h3-6,8-11,18-19H,2,7,12-13H2,1H3. The van der Waals surface area contributed by atoms with Crippen LogP contribution in [0.1, 0.15) is 13.3 Å². The lowest BCUT2D eigenvalue weighted by Crippen LogP contribution is -2.45. The van der Waals surface area contributed by atoms with Gasteiger partial charge in [-0.1, -0.05) is 36.4 Å². The molecule has 0 saturated heterocycles. The Morgan fingerprint density at radius 2 is 1.41 bits per heavy atom. The number of hydrogen-bond acceptors (Lipinski definition) is 4. The predicted octanol–water partition coefficient (Wildman–Crippen LogP) is 1.65. The van der Waals surface area contributed by atoms with Crippen LogP contribution in [0.5, 0.6) is 11.5 Å². The summed E-state index contributed by atoms with van der Waals surface area (Å²) in [6, 6.07) is 14.3. The van der Waals surface area contributed by atoms with E-state index in [2.05, 4.69) is 0 Å². The number of aromatic hydroxyl groups is 2. The maximum Gasteiger partial charge on any atom is 0.290 e. The van der Waals surface area contributed by atoms with Gasteiger partial charge in [-0.3, -0.25) is 0 Å². The lowest BCUT2D eigenvalue weighted by atomic mass is 10.3. The smallest absolute Gasteiger partial charge is 0.290 e. The van der Waals surface area contributed by atoms with Crippen molar-refractivity contribution in [1.29, 1.82) is 0 Å². The molecule has 4 nitrogen and oxygen atoms in total. The Balaban J connectivity index is 2.18. The molecule has 0 saturated carbocycles. The Hall–Kier alpha value is -1.82. The first-order valence-electron chi connectivity index (χ1n) is 7.38. The molecule has 0 amide bonds. The van der Waals surface area contributed by atoms with Crippen molar-refractivity contribution >= 4 is 19.4 Å². The molecule has 117 valence electrons. The van der Waals surface area contributed by atoms with Crippen LogP contribution in [-0.4, -0.2) is 39.1 Å². The van der Waals surface area contributed by atoms with E-state index in [9.17, 15) is 10.2 Å². The molecule has 2 N–H and O–H groups in total. The molecule has 0 bridgehead atoms. The topological polar surface area (TPSA) is 58.9 Å². The summed E-state index contributed by atoms with van der Waals surface area (Å²) in [4.78, 5) is 0. The van der Waals surface area contributed by atoms with Crippen LogP contribution < -0.4 is 10.4 Å². The first kappa shape index (κ1) is 16.5. The van der Waals surface area contributed by atoms with Crippen molar-refractivity contribution in [3.63, 3.8) is 0 Å². The molecule has 22 heavy (non-hydrogen) atoms. The molecule has 0 heterocycles. The van der Waals surface area contributed by atoms with E-state index < -0.39 is 9.04 Å². The fraction of sp³-hybridized carbons (Fsp3) is 0.294. The lowest BCUT2D eigenvalue weighted by Gasteiger charge is -2.18. The number of para-hydroxylation sites is 2. The molecule has 1 radical (unpaired) electrons. The van der Waals surface area contributed by atoms with E-state index >= 15 is 0 Å². The second-order valence-corrected chi connectivity index (χ2v) is 6.79. The van der Waals surface area contributed by atoms with Gasteiger partial charge in [-0.15, -0.1) is 0 Å². The van der Waals surface area contributed by atoms with Gasteiger partial charge < -0.3 is 19.4 Å². The number of rotatable bonds is 8. The molecule has 0 aliphatic carbocycles. The summed E-state index contributed by atoms with van der Waals surface area (Å²) in [6.45, 7) is 3.82. The molecular weight excluding hydrogens is 296 g/mol. The maximum absolute atomic E-state index is 10.1. The largest absolute Gasteiger partial charge is 0.508 e. The minimum absolute atomic E-state index is 0.199. The van der Waals surface area contributed by atoms with Crippen molar-refractivity contribution in [3.05, 3.63) is 48.5 Å². The van der Waals surface area contributed by atoms with Gasteiger partial charge in [-0.05, 0) is 25.5 Å². The normalized spacial score (nSPS) is 11.0. The minimum atomic E-state index is -1.70. The number of phenolic OH excluding ortho intramolecular Hbond substituents is 2. The summed E-state index contributed by atoms with van der Waals surface area (Å²) in [7, 11) is -1.70. The average Bonchev–Trinajstić information content (AvgIpc) is 2.53. The fourth-order valence-electron chi connectivity index (χ4n) is 2.11. The van der Waals surface area contributed by atoms with Gasteiger partial charge >= 0.3 is 0 Å². The van der Waals surface area contributed by atoms with E-state index in [-0.39, 0.29) is 11.5 Å². The van der Waals surface area contributed by atoms with Gasteiger partial charge in [-0.25, -0.2) is 0 Å². The molecule has 0 aliphatic heterocycles. The monoisotopic (exact) mass is 317 g/mol. The Bertz CT molecular complexity index is 543. The predicted molar refractivity (Wildman–Crippen MR) is 88.3 cm³/mol. The van der Waals surface area contributed by atoms with Crippen molar-refractivity contribution < 1.29 is 19.4 Å². The molecule has 0 fully saturated rings. The highest BCUT2D eigenvalue weighted by Crippen LogP contribution is 2.11. The lowest BCUT2D eigenvalue weighted by molar-refractivity contribution is 0.131. The summed E-state index contributed by atoms with van der Waals surface area (Å²) >= 11 is 0. The summed E-state index contributed by atoms with van der Waals surface area (Å²) in [5.74, 6) is 0.397. The molecular formula is C17H21O4Si. The highest BCUT2D eigenvalue weighted by Gasteiger charge is 2.24. The van der Waals surface area contributed by atoms with Crippen LogP contribution in [0.25, 0.3) is 0 Å². The van der Waals surface area contributed by atoms with Gasteiger partial charge in [0.15, 0.2) is 0 Å². The highest BCUT2D eigenvalue weighted by atomic mass is 28.3. The Morgan fingerprint density at radius 3 is 1.91 bits per heavy atom. The zero-order valence-corrected chi connectivity index (χ0v) is 13.7. The quantitative estimate of drug-likeness (QED) is 0.574. The maximum atomic E-state index is 10.1. The minimum Gasteiger partial charge on any atom is -0.508 e. The average molecular weight is 317 g/mol. The van der Waals surface area contributed by atoms with Crippen molar-refractivity contribution in [2.75, 3.05) is 19.8 Å². The molecule has 2 aromatic rings. The van der Waals surface area contributed by atoms with Crippen LogP contribution in [0.15, 0.2) is 48.5 Å². The van der Waals surface area contributed by atoms with Gasteiger partial charge in [0.25, 0.3) is 9.04 Å². The molecule has 2 rings (SSSR count). The van der Waals surface area contributed by atoms with Gasteiger partial charge in [0.1, 0.15) is 11.5 Å². The summed E-state index contributed by atoms with van der Waals surface area (Å²) < 4.78 is 11.3. The van der Waals surface area contributed by atoms with Gasteiger partial charge in [0.05, 0.1) is 0 Å². The summed E-state index contributed by atoms with van der Waals surface area (Å²) in [5.41, 5.74) is 0. The third kappa shape index (κ3) is 4.33. The van der Waals surface area contributed by atoms with Gasteiger partial charge in [0.2, 0.25) is 0 Å². The number of phenols is 2. The molecule has 0 atom stereocenters. The molecule has 0 aliphatic rings. The van der Waals surface area contributed by atoms with E-state index in [1.165, 1.54) is 0 Å². The van der Waals surface area contributed by atoms with Gasteiger partial charge in [-0.2, -0.15) is 0 Å². The van der Waals surface area contributed by atoms with E-state index in [1.807, 2.05) is 31.2 Å². The highest BCUT2D eigenvalue weighted by molar-refractivity contribution is 6.81. The third-order valence-corrected chi connectivity index (χ3v) is 5.50. The molecule has 2 aromatic carbocycles. The first-order valence-corrected chi connectivity index (χ1v) is 8.79. The van der Waals surface area contributed by atoms with E-state index in [1.54, 1.807) is 24.3 Å². The SMILES string of the molecule is CCOCCCO[Si](c1ccccc1O)c1ccccc1O. The van der Waals surface area contributed by atoms with Gasteiger partial charge in [0, 0.05) is 30.2 Å². The van der Waals surface area contributed by atoms with Crippen LogP contribution in [0.4, 0.5) is 0 Å².